The zero-order valence-electron chi connectivity index (χ0n) is 15.5. The maximum atomic E-state index is 13.7. The molecule has 0 unspecified atom stereocenters. The van der Waals surface area contributed by atoms with Gasteiger partial charge in [-0.1, -0.05) is 41.9 Å². The van der Waals surface area contributed by atoms with Crippen LogP contribution in [-0.2, 0) is 10.0 Å². The van der Waals surface area contributed by atoms with Gasteiger partial charge in [-0.2, -0.15) is 0 Å². The van der Waals surface area contributed by atoms with E-state index in [4.69, 9.17) is 11.6 Å². The predicted molar refractivity (Wildman–Crippen MR) is 117 cm³/mol. The first-order chi connectivity index (χ1) is 14.1. The van der Waals surface area contributed by atoms with Crippen LogP contribution in [0.3, 0.4) is 0 Å². The molecule has 2 aromatic carbocycles. The Hall–Kier alpha value is -2.67. The molecule has 1 aliphatic heterocycles. The molecule has 7 heteroatoms. The molecule has 3 heterocycles. The smallest absolute Gasteiger partial charge is 0.270 e. The summed E-state index contributed by atoms with van der Waals surface area (Å²) in [6.07, 6.45) is 7.75. The zero-order valence-corrected chi connectivity index (χ0v) is 17.0. The van der Waals surface area contributed by atoms with E-state index in [1.54, 1.807) is 24.5 Å². The molecule has 5 rings (SSSR count). The third kappa shape index (κ3) is 3.04. The highest BCUT2D eigenvalue weighted by Gasteiger charge is 2.25. The standard InChI is InChI=1S/C22H18ClN3O2S/c23-17-5-6-21-19(11-17)20(15-7-9-24-10-8-15)14-26(21)29(27,28)22-13-25-12-16-3-1-2-4-18(16)22/h1-7,11-14,24H,8-10H2. The summed E-state index contributed by atoms with van der Waals surface area (Å²) in [5.41, 5.74) is 2.64. The Labute approximate surface area is 173 Å². The normalized spacial score (nSPS) is 15.0. The van der Waals surface area contributed by atoms with Crippen molar-refractivity contribution in [3.63, 3.8) is 0 Å². The Morgan fingerprint density at radius 1 is 1.07 bits per heavy atom. The lowest BCUT2D eigenvalue weighted by molar-refractivity contribution is 0.589. The number of aromatic nitrogens is 2. The molecule has 2 aromatic heterocycles. The highest BCUT2D eigenvalue weighted by molar-refractivity contribution is 7.90. The molecular weight excluding hydrogens is 406 g/mol. The molecule has 1 N–H and O–H groups in total. The largest absolute Gasteiger partial charge is 0.313 e. The van der Waals surface area contributed by atoms with Crippen LogP contribution in [0.25, 0.3) is 27.2 Å². The molecule has 0 aliphatic carbocycles. The number of hydrogen-bond acceptors (Lipinski definition) is 4. The third-order valence-corrected chi connectivity index (χ3v) is 7.25. The van der Waals surface area contributed by atoms with Crippen LogP contribution < -0.4 is 5.32 Å². The van der Waals surface area contributed by atoms with Crippen LogP contribution in [0, 0.1) is 0 Å². The van der Waals surface area contributed by atoms with Gasteiger partial charge in [0.25, 0.3) is 10.0 Å². The van der Waals surface area contributed by atoms with Crippen LogP contribution in [0.1, 0.15) is 12.0 Å². The van der Waals surface area contributed by atoms with Crippen molar-refractivity contribution in [1.29, 1.82) is 0 Å². The van der Waals surface area contributed by atoms with Gasteiger partial charge in [-0.05, 0) is 36.7 Å². The topological polar surface area (TPSA) is 64.0 Å². The molecule has 0 fully saturated rings. The number of rotatable bonds is 3. The Morgan fingerprint density at radius 2 is 1.93 bits per heavy atom. The molecule has 0 radical (unpaired) electrons. The Morgan fingerprint density at radius 3 is 2.76 bits per heavy atom. The van der Waals surface area contributed by atoms with Gasteiger partial charge in [-0.15, -0.1) is 0 Å². The van der Waals surface area contributed by atoms with Gasteiger partial charge < -0.3 is 5.32 Å². The monoisotopic (exact) mass is 423 g/mol. The fraction of sp³-hybridized carbons (Fsp3) is 0.136. The molecule has 146 valence electrons. The van der Waals surface area contributed by atoms with E-state index < -0.39 is 10.0 Å². The molecule has 0 atom stereocenters. The quantitative estimate of drug-likeness (QED) is 0.528. The Balaban J connectivity index is 1.79. The van der Waals surface area contributed by atoms with Crippen LogP contribution in [-0.4, -0.2) is 30.5 Å². The molecule has 0 spiro atoms. The molecule has 4 aromatic rings. The van der Waals surface area contributed by atoms with Gasteiger partial charge in [0.1, 0.15) is 4.90 Å². The van der Waals surface area contributed by atoms with Crippen LogP contribution in [0.2, 0.25) is 5.02 Å². The average molecular weight is 424 g/mol. The molecule has 0 saturated heterocycles. The van der Waals surface area contributed by atoms with Gasteiger partial charge in [0.05, 0.1) is 5.52 Å². The average Bonchev–Trinajstić information content (AvgIpc) is 3.13. The zero-order chi connectivity index (χ0) is 20.0. The van der Waals surface area contributed by atoms with Crippen molar-refractivity contribution in [2.45, 2.75) is 11.3 Å². The number of nitrogens with one attached hydrogen (secondary N) is 1. The van der Waals surface area contributed by atoms with Crippen molar-refractivity contribution in [3.8, 4) is 0 Å². The van der Waals surface area contributed by atoms with Crippen molar-refractivity contribution in [2.75, 3.05) is 13.1 Å². The molecule has 1 aliphatic rings. The summed E-state index contributed by atoms with van der Waals surface area (Å²) < 4.78 is 28.8. The minimum atomic E-state index is -3.85. The van der Waals surface area contributed by atoms with Gasteiger partial charge in [0, 0.05) is 51.9 Å². The van der Waals surface area contributed by atoms with Gasteiger partial charge >= 0.3 is 0 Å². The van der Waals surface area contributed by atoms with E-state index in [9.17, 15) is 8.42 Å². The lowest BCUT2D eigenvalue weighted by atomic mass is 10.00. The fourth-order valence-corrected chi connectivity index (χ4v) is 5.60. The molecule has 0 amide bonds. The Bertz CT molecular complexity index is 1380. The first kappa shape index (κ1) is 18.4. The highest BCUT2D eigenvalue weighted by Crippen LogP contribution is 2.35. The number of pyridine rings is 1. The second-order valence-corrected chi connectivity index (χ2v) is 9.27. The van der Waals surface area contributed by atoms with E-state index in [1.165, 1.54) is 10.2 Å². The lowest BCUT2D eigenvalue weighted by Gasteiger charge is -2.13. The maximum Gasteiger partial charge on any atom is 0.270 e. The lowest BCUT2D eigenvalue weighted by Crippen LogP contribution is -2.20. The van der Waals surface area contributed by atoms with Crippen molar-refractivity contribution in [2.24, 2.45) is 0 Å². The first-order valence-corrected chi connectivity index (χ1v) is 11.2. The number of hydrogen-bond donors (Lipinski definition) is 1. The number of nitrogens with zero attached hydrogens (tertiary/aromatic N) is 2. The van der Waals surface area contributed by atoms with E-state index in [1.807, 2.05) is 30.3 Å². The summed E-state index contributed by atoms with van der Waals surface area (Å²) in [5.74, 6) is 0. The molecule has 0 bridgehead atoms. The fourth-order valence-electron chi connectivity index (χ4n) is 3.89. The molecular formula is C22H18ClN3O2S. The third-order valence-electron chi connectivity index (χ3n) is 5.31. The summed E-state index contributed by atoms with van der Waals surface area (Å²) >= 11 is 6.25. The summed E-state index contributed by atoms with van der Waals surface area (Å²) in [5, 5.41) is 6.15. The van der Waals surface area contributed by atoms with Crippen molar-refractivity contribution in [1.82, 2.24) is 14.3 Å². The second-order valence-electron chi connectivity index (χ2n) is 7.05. The number of fused-ring (bicyclic) bond motifs is 2. The second kappa shape index (κ2) is 6.99. The maximum absolute atomic E-state index is 13.7. The first-order valence-electron chi connectivity index (χ1n) is 9.35. The van der Waals surface area contributed by atoms with E-state index in [-0.39, 0.29) is 4.90 Å². The Kier molecular flexibility index (Phi) is 4.42. The van der Waals surface area contributed by atoms with Crippen molar-refractivity contribution < 1.29 is 8.42 Å². The van der Waals surface area contributed by atoms with Gasteiger partial charge in [0.2, 0.25) is 0 Å². The minimum absolute atomic E-state index is 0.188. The van der Waals surface area contributed by atoms with E-state index in [0.717, 1.165) is 41.4 Å². The van der Waals surface area contributed by atoms with Gasteiger partial charge in [-0.25, -0.2) is 12.4 Å². The van der Waals surface area contributed by atoms with E-state index >= 15 is 0 Å². The summed E-state index contributed by atoms with van der Waals surface area (Å²) in [6.45, 7) is 1.63. The number of benzene rings is 2. The van der Waals surface area contributed by atoms with Crippen molar-refractivity contribution in [3.05, 3.63) is 77.7 Å². The summed E-state index contributed by atoms with van der Waals surface area (Å²) in [4.78, 5) is 4.35. The molecule has 5 nitrogen and oxygen atoms in total. The molecule has 29 heavy (non-hydrogen) atoms. The van der Waals surface area contributed by atoms with Crippen LogP contribution in [0.15, 0.2) is 72.0 Å². The predicted octanol–water partition coefficient (Wildman–Crippen LogP) is 4.46. The summed E-state index contributed by atoms with van der Waals surface area (Å²) in [7, 11) is -3.85. The van der Waals surface area contributed by atoms with Gasteiger partial charge in [0.15, 0.2) is 0 Å². The summed E-state index contributed by atoms with van der Waals surface area (Å²) in [6, 6.07) is 12.7. The SMILES string of the molecule is O=S(=O)(c1cncc2ccccc12)n1cc(C2=CCNCC2)c2cc(Cl)ccc21. The van der Waals surface area contributed by atoms with Gasteiger partial charge in [-0.3, -0.25) is 4.98 Å². The minimum Gasteiger partial charge on any atom is -0.313 e. The number of halogens is 1. The molecule has 0 saturated carbocycles. The highest BCUT2D eigenvalue weighted by atomic mass is 35.5. The van der Waals surface area contributed by atoms with Crippen LogP contribution >= 0.6 is 11.6 Å². The van der Waals surface area contributed by atoms with E-state index in [0.29, 0.717) is 15.9 Å². The van der Waals surface area contributed by atoms with Crippen molar-refractivity contribution >= 4 is 48.9 Å². The van der Waals surface area contributed by atoms with E-state index in [2.05, 4.69) is 16.4 Å². The van der Waals surface area contributed by atoms with Crippen LogP contribution in [0.4, 0.5) is 0 Å². The van der Waals surface area contributed by atoms with Crippen LogP contribution in [0.5, 0.6) is 0 Å².